The monoisotopic (exact) mass is 452 g/mol. The molecule has 4 N–H and O–H groups in total. The highest BCUT2D eigenvalue weighted by Crippen LogP contribution is 2.23. The van der Waals surface area contributed by atoms with Gasteiger partial charge in [-0.05, 0) is 50.3 Å². The molecule has 168 valence electrons. The van der Waals surface area contributed by atoms with Gasteiger partial charge in [-0.25, -0.2) is 4.79 Å². The predicted molar refractivity (Wildman–Crippen MR) is 130 cm³/mol. The maximum Gasteiger partial charge on any atom is 0.322 e. The topological polar surface area (TPSA) is 104 Å². The average molecular weight is 453 g/mol. The molecule has 0 spiro atoms. The zero-order valence-corrected chi connectivity index (χ0v) is 19.3. The van der Waals surface area contributed by atoms with Crippen LogP contribution in [0.3, 0.4) is 0 Å². The molecule has 2 heterocycles. The van der Waals surface area contributed by atoms with Gasteiger partial charge in [-0.15, -0.1) is 11.3 Å². The number of likely N-dealkylation sites (N-methyl/N-ethyl adjacent to an activating group) is 1. The fourth-order valence-electron chi connectivity index (χ4n) is 2.97. The minimum atomic E-state index is -0.330. The number of nitrogens with zero attached hydrogens (tertiary/aromatic N) is 3. The Hall–Kier alpha value is -3.43. The first-order valence-corrected chi connectivity index (χ1v) is 11.1. The molecular weight excluding hydrogens is 424 g/mol. The van der Waals surface area contributed by atoms with Crippen molar-refractivity contribution in [3.05, 3.63) is 70.2 Å². The summed E-state index contributed by atoms with van der Waals surface area (Å²) in [6.07, 6.45) is 1.62. The Labute approximate surface area is 192 Å². The van der Waals surface area contributed by atoms with Gasteiger partial charge in [0, 0.05) is 42.3 Å². The van der Waals surface area contributed by atoms with Gasteiger partial charge in [0.15, 0.2) is 0 Å². The van der Waals surface area contributed by atoms with E-state index in [0.717, 1.165) is 23.4 Å². The SMILES string of the molecule is Cc1cccc(NC(=O)N(CCN(C)C)Cc2ccc(C(=O)Nc3cscc3N)nc2)c1. The Kier molecular flexibility index (Phi) is 7.80. The first kappa shape index (κ1) is 23.2. The van der Waals surface area contributed by atoms with Crippen LogP contribution in [0.15, 0.2) is 53.4 Å². The number of aromatic nitrogens is 1. The minimum absolute atomic E-state index is 0.188. The maximum atomic E-state index is 12.9. The molecule has 0 aliphatic carbocycles. The molecule has 0 saturated heterocycles. The van der Waals surface area contributed by atoms with E-state index < -0.39 is 0 Å². The first-order chi connectivity index (χ1) is 15.3. The highest BCUT2D eigenvalue weighted by atomic mass is 32.1. The van der Waals surface area contributed by atoms with E-state index in [1.807, 2.05) is 56.3 Å². The van der Waals surface area contributed by atoms with Crippen LogP contribution in [0.25, 0.3) is 0 Å². The van der Waals surface area contributed by atoms with Gasteiger partial charge in [0.25, 0.3) is 5.91 Å². The molecule has 3 amide bonds. The molecule has 9 heteroatoms. The molecule has 32 heavy (non-hydrogen) atoms. The molecule has 3 aromatic rings. The van der Waals surface area contributed by atoms with Gasteiger partial charge in [-0.1, -0.05) is 18.2 Å². The lowest BCUT2D eigenvalue weighted by atomic mass is 10.2. The summed E-state index contributed by atoms with van der Waals surface area (Å²) in [6, 6.07) is 11.0. The Morgan fingerprint density at radius 1 is 1.09 bits per heavy atom. The van der Waals surface area contributed by atoms with Crippen LogP contribution in [0.1, 0.15) is 21.6 Å². The van der Waals surface area contributed by atoms with Crippen molar-refractivity contribution >= 4 is 40.3 Å². The number of thiophene rings is 1. The van der Waals surface area contributed by atoms with Gasteiger partial charge in [-0.3, -0.25) is 9.78 Å². The molecule has 1 aromatic carbocycles. The van der Waals surface area contributed by atoms with Gasteiger partial charge in [0.2, 0.25) is 0 Å². The normalized spacial score (nSPS) is 10.8. The lowest BCUT2D eigenvalue weighted by Crippen LogP contribution is -2.39. The van der Waals surface area contributed by atoms with E-state index >= 15 is 0 Å². The number of nitrogens with two attached hydrogens (primary N) is 1. The summed E-state index contributed by atoms with van der Waals surface area (Å²) >= 11 is 1.42. The highest BCUT2D eigenvalue weighted by Gasteiger charge is 2.16. The third kappa shape index (κ3) is 6.53. The predicted octanol–water partition coefficient (Wildman–Crippen LogP) is 3.88. The fraction of sp³-hybridized carbons (Fsp3) is 0.261. The molecule has 0 saturated carbocycles. The van der Waals surface area contributed by atoms with Crippen molar-refractivity contribution < 1.29 is 9.59 Å². The van der Waals surface area contributed by atoms with Crippen LogP contribution in [0.5, 0.6) is 0 Å². The van der Waals surface area contributed by atoms with Gasteiger partial charge < -0.3 is 26.2 Å². The molecule has 3 rings (SSSR count). The number of carbonyl (C=O) groups excluding carboxylic acids is 2. The van der Waals surface area contributed by atoms with E-state index in [1.165, 1.54) is 11.3 Å². The van der Waals surface area contributed by atoms with Gasteiger partial charge in [0.05, 0.1) is 11.4 Å². The van der Waals surface area contributed by atoms with Crippen molar-refractivity contribution in [3.8, 4) is 0 Å². The quantitative estimate of drug-likeness (QED) is 0.481. The molecule has 8 nitrogen and oxygen atoms in total. The summed E-state index contributed by atoms with van der Waals surface area (Å²) in [5.41, 5.74) is 9.85. The van der Waals surface area contributed by atoms with Gasteiger partial charge in [0.1, 0.15) is 5.69 Å². The lowest BCUT2D eigenvalue weighted by molar-refractivity contribution is 0.102. The number of hydrogen-bond acceptors (Lipinski definition) is 6. The van der Waals surface area contributed by atoms with Crippen LogP contribution in [0.2, 0.25) is 0 Å². The number of hydrogen-bond donors (Lipinski definition) is 3. The van der Waals surface area contributed by atoms with Crippen molar-refractivity contribution in [2.75, 3.05) is 43.6 Å². The number of amides is 3. The maximum absolute atomic E-state index is 12.9. The third-order valence-electron chi connectivity index (χ3n) is 4.74. The standard InChI is InChI=1S/C23H28N6O2S/c1-16-5-4-6-18(11-16)26-23(31)29(10-9-28(2)3)13-17-7-8-20(25-12-17)22(30)27-21-15-32-14-19(21)24/h4-8,11-12,14-15H,9-10,13,24H2,1-3H3,(H,26,31)(H,27,30). The summed E-state index contributed by atoms with van der Waals surface area (Å²) in [5.74, 6) is -0.330. The van der Waals surface area contributed by atoms with E-state index in [-0.39, 0.29) is 17.6 Å². The van der Waals surface area contributed by atoms with Gasteiger partial charge >= 0.3 is 6.03 Å². The summed E-state index contributed by atoms with van der Waals surface area (Å²) in [4.78, 5) is 33.4. The Balaban J connectivity index is 1.67. The number of urea groups is 1. The number of aryl methyl sites for hydroxylation is 1. The molecule has 2 aromatic heterocycles. The van der Waals surface area contributed by atoms with Crippen LogP contribution in [0, 0.1) is 6.92 Å². The van der Waals surface area contributed by atoms with E-state index in [9.17, 15) is 9.59 Å². The second-order valence-electron chi connectivity index (χ2n) is 7.77. The zero-order chi connectivity index (χ0) is 23.1. The van der Waals surface area contributed by atoms with Crippen molar-refractivity contribution in [2.45, 2.75) is 13.5 Å². The van der Waals surface area contributed by atoms with E-state index in [2.05, 4.69) is 15.6 Å². The number of benzene rings is 1. The van der Waals surface area contributed by atoms with Crippen LogP contribution >= 0.6 is 11.3 Å². The smallest absolute Gasteiger partial charge is 0.322 e. The van der Waals surface area contributed by atoms with Crippen molar-refractivity contribution in [1.29, 1.82) is 0 Å². The number of nitrogens with one attached hydrogen (secondary N) is 2. The minimum Gasteiger partial charge on any atom is -0.396 e. The van der Waals surface area contributed by atoms with Crippen molar-refractivity contribution in [2.24, 2.45) is 0 Å². The number of carbonyl (C=O) groups is 2. The van der Waals surface area contributed by atoms with Crippen LogP contribution in [-0.2, 0) is 6.54 Å². The molecule has 0 fully saturated rings. The molecule has 0 atom stereocenters. The zero-order valence-electron chi connectivity index (χ0n) is 18.5. The number of nitrogen functional groups attached to an aromatic ring is 1. The molecule has 0 radical (unpaired) electrons. The first-order valence-electron chi connectivity index (χ1n) is 10.2. The number of rotatable bonds is 8. The average Bonchev–Trinajstić information content (AvgIpc) is 3.15. The Morgan fingerprint density at radius 2 is 1.91 bits per heavy atom. The van der Waals surface area contributed by atoms with Gasteiger partial charge in [-0.2, -0.15) is 0 Å². The summed E-state index contributed by atoms with van der Waals surface area (Å²) in [7, 11) is 3.93. The summed E-state index contributed by atoms with van der Waals surface area (Å²) in [5, 5.41) is 9.25. The molecular formula is C23H28N6O2S. The van der Waals surface area contributed by atoms with Crippen LogP contribution < -0.4 is 16.4 Å². The molecule has 0 bridgehead atoms. The number of pyridine rings is 1. The van der Waals surface area contributed by atoms with E-state index in [0.29, 0.717) is 24.5 Å². The Morgan fingerprint density at radius 3 is 2.53 bits per heavy atom. The van der Waals surface area contributed by atoms with Crippen LogP contribution in [0.4, 0.5) is 21.9 Å². The lowest BCUT2D eigenvalue weighted by Gasteiger charge is -2.25. The molecule has 0 aliphatic heterocycles. The molecule has 0 aliphatic rings. The van der Waals surface area contributed by atoms with Crippen molar-refractivity contribution in [3.63, 3.8) is 0 Å². The largest absolute Gasteiger partial charge is 0.396 e. The van der Waals surface area contributed by atoms with E-state index in [1.54, 1.807) is 27.9 Å². The van der Waals surface area contributed by atoms with E-state index in [4.69, 9.17) is 5.73 Å². The Bertz CT molecular complexity index is 1060. The number of anilines is 3. The second-order valence-corrected chi connectivity index (χ2v) is 8.51. The second kappa shape index (κ2) is 10.7. The highest BCUT2D eigenvalue weighted by molar-refractivity contribution is 7.09. The third-order valence-corrected chi connectivity index (χ3v) is 5.51. The molecule has 0 unspecified atom stereocenters. The fourth-order valence-corrected chi connectivity index (χ4v) is 3.64. The summed E-state index contributed by atoms with van der Waals surface area (Å²) < 4.78 is 0. The van der Waals surface area contributed by atoms with Crippen molar-refractivity contribution in [1.82, 2.24) is 14.8 Å². The van der Waals surface area contributed by atoms with Crippen LogP contribution in [-0.4, -0.2) is 53.9 Å². The summed E-state index contributed by atoms with van der Waals surface area (Å²) in [6.45, 7) is 3.62.